The molecular weight excluding hydrogens is 376 g/mol. The minimum Gasteiger partial charge on any atom is -0.465 e. The Labute approximate surface area is 169 Å². The summed E-state index contributed by atoms with van der Waals surface area (Å²) in [5.74, 6) is -1.28. The molecule has 3 saturated carbocycles. The molecule has 0 aromatic heterocycles. The molecule has 2 spiro atoms. The number of hydrogen-bond acceptors (Lipinski definition) is 7. The lowest BCUT2D eigenvalue weighted by atomic mass is 9.42. The van der Waals surface area contributed by atoms with Crippen molar-refractivity contribution in [2.24, 2.45) is 34.0 Å². The van der Waals surface area contributed by atoms with Gasteiger partial charge in [0, 0.05) is 29.6 Å². The number of rotatable bonds is 2. The van der Waals surface area contributed by atoms with E-state index in [1.54, 1.807) is 0 Å². The van der Waals surface area contributed by atoms with Gasteiger partial charge in [0.05, 0.1) is 19.3 Å². The zero-order valence-corrected chi connectivity index (χ0v) is 16.8. The number of ketones is 1. The van der Waals surface area contributed by atoms with Crippen molar-refractivity contribution in [3.05, 3.63) is 12.2 Å². The van der Waals surface area contributed by atoms with Crippen molar-refractivity contribution in [3.8, 4) is 0 Å². The standard InChI is InChI=1S/C22H26O7/c1-10-12-6-13-15-21(7-12,17(10)24)19(25)29-14-4-5-20(3,8-26-11(2)23)16-18(28-13)27-9-22(14,15)16/h12-16,18H,1,4-9H2,2-3H3/t12?,13?,14?,15?,16-,18-,20+,21?,22?/m1/s1. The summed E-state index contributed by atoms with van der Waals surface area (Å²) in [6.07, 6.45) is 1.64. The third kappa shape index (κ3) is 1.86. The van der Waals surface area contributed by atoms with Crippen molar-refractivity contribution in [2.75, 3.05) is 13.2 Å². The molecule has 7 nitrogen and oxygen atoms in total. The monoisotopic (exact) mass is 402 g/mol. The van der Waals surface area contributed by atoms with Crippen molar-refractivity contribution >= 4 is 17.7 Å². The number of Topliss-reactive ketones (excluding diaryl/α,β-unsaturated/α-hetero) is 1. The number of hydrogen-bond donors (Lipinski definition) is 0. The summed E-state index contributed by atoms with van der Waals surface area (Å²) in [7, 11) is 0. The highest BCUT2D eigenvalue weighted by atomic mass is 16.7. The molecule has 0 aromatic rings. The van der Waals surface area contributed by atoms with Gasteiger partial charge in [0.25, 0.3) is 0 Å². The van der Waals surface area contributed by atoms with Crippen LogP contribution < -0.4 is 0 Å². The molecule has 6 aliphatic rings. The molecule has 29 heavy (non-hydrogen) atoms. The molecule has 7 heteroatoms. The van der Waals surface area contributed by atoms with E-state index < -0.39 is 23.1 Å². The van der Waals surface area contributed by atoms with Crippen LogP contribution in [-0.2, 0) is 33.3 Å². The quantitative estimate of drug-likeness (QED) is 0.395. The Morgan fingerprint density at radius 1 is 1.31 bits per heavy atom. The lowest BCUT2D eigenvalue weighted by Gasteiger charge is -2.65. The van der Waals surface area contributed by atoms with Crippen molar-refractivity contribution in [1.82, 2.24) is 0 Å². The summed E-state index contributed by atoms with van der Waals surface area (Å²) < 4.78 is 24.1. The van der Waals surface area contributed by atoms with Gasteiger partial charge in [0.15, 0.2) is 12.1 Å². The van der Waals surface area contributed by atoms with Crippen LogP contribution in [0.2, 0.25) is 0 Å². The summed E-state index contributed by atoms with van der Waals surface area (Å²) in [6, 6.07) is 0. The van der Waals surface area contributed by atoms with E-state index in [2.05, 4.69) is 13.5 Å². The van der Waals surface area contributed by atoms with Gasteiger partial charge in [-0.3, -0.25) is 14.4 Å². The van der Waals surface area contributed by atoms with Gasteiger partial charge in [0.1, 0.15) is 11.5 Å². The summed E-state index contributed by atoms with van der Waals surface area (Å²) in [4.78, 5) is 38.2. The number of carbonyl (C=O) groups excluding carboxylic acids is 3. The molecule has 6 unspecified atom stereocenters. The topological polar surface area (TPSA) is 88.1 Å². The molecule has 3 saturated heterocycles. The van der Waals surface area contributed by atoms with Gasteiger partial charge < -0.3 is 18.9 Å². The van der Waals surface area contributed by atoms with Gasteiger partial charge in [-0.2, -0.15) is 0 Å². The van der Waals surface area contributed by atoms with Crippen molar-refractivity contribution in [2.45, 2.75) is 58.0 Å². The predicted molar refractivity (Wildman–Crippen MR) is 97.2 cm³/mol. The molecule has 6 fully saturated rings. The third-order valence-electron chi connectivity index (χ3n) is 8.96. The lowest BCUT2D eigenvalue weighted by Crippen LogP contribution is -2.74. The summed E-state index contributed by atoms with van der Waals surface area (Å²) in [5.41, 5.74) is -1.51. The minimum atomic E-state index is -1.20. The maximum atomic E-state index is 13.4. The van der Waals surface area contributed by atoms with Crippen molar-refractivity contribution in [1.29, 1.82) is 0 Å². The second-order valence-electron chi connectivity index (χ2n) is 10.3. The molecular formula is C22H26O7. The van der Waals surface area contributed by atoms with E-state index in [1.807, 2.05) is 0 Å². The van der Waals surface area contributed by atoms with Crippen LogP contribution in [0.3, 0.4) is 0 Å². The molecule has 6 rings (SSSR count). The van der Waals surface area contributed by atoms with Gasteiger partial charge in [0.2, 0.25) is 0 Å². The van der Waals surface area contributed by atoms with E-state index in [9.17, 15) is 14.4 Å². The maximum Gasteiger partial charge on any atom is 0.320 e. The molecule has 3 aliphatic carbocycles. The largest absolute Gasteiger partial charge is 0.465 e. The first-order valence-corrected chi connectivity index (χ1v) is 10.6. The predicted octanol–water partition coefficient (Wildman–Crippen LogP) is 1.78. The van der Waals surface area contributed by atoms with Gasteiger partial charge in [-0.05, 0) is 37.2 Å². The Morgan fingerprint density at radius 2 is 2.10 bits per heavy atom. The van der Waals surface area contributed by atoms with E-state index in [0.29, 0.717) is 31.4 Å². The maximum absolute atomic E-state index is 13.4. The van der Waals surface area contributed by atoms with Crippen LogP contribution in [0.4, 0.5) is 0 Å². The number of allylic oxidation sites excluding steroid dienone is 1. The Kier molecular flexibility index (Phi) is 3.30. The number of esters is 2. The van der Waals surface area contributed by atoms with Crippen LogP contribution in [-0.4, -0.2) is 49.4 Å². The second-order valence-corrected chi connectivity index (χ2v) is 10.3. The van der Waals surface area contributed by atoms with Crippen LogP contribution in [0.5, 0.6) is 0 Å². The molecule has 3 aliphatic heterocycles. The SMILES string of the molecule is C=C1C(=O)C23CC1CC1O[C@H]4OCC5(C(CC[C@@](C)(COC(C)=O)[C@@H]45)OC2=O)C13. The highest BCUT2D eigenvalue weighted by molar-refractivity contribution is 6.15. The molecule has 0 aromatic carbocycles. The zero-order chi connectivity index (χ0) is 20.3. The Bertz CT molecular complexity index is 865. The van der Waals surface area contributed by atoms with Crippen LogP contribution in [0, 0.1) is 34.0 Å². The van der Waals surface area contributed by atoms with Crippen LogP contribution >= 0.6 is 0 Å². The van der Waals surface area contributed by atoms with Crippen LogP contribution in [0.15, 0.2) is 12.2 Å². The van der Waals surface area contributed by atoms with Crippen LogP contribution in [0.1, 0.15) is 39.5 Å². The average Bonchev–Trinajstić information content (AvgIpc) is 3.08. The minimum absolute atomic E-state index is 0.0313. The second kappa shape index (κ2) is 5.30. The Morgan fingerprint density at radius 3 is 2.86 bits per heavy atom. The summed E-state index contributed by atoms with van der Waals surface area (Å²) in [6.45, 7) is 8.21. The number of carbonyl (C=O) groups is 3. The van der Waals surface area contributed by atoms with E-state index in [0.717, 1.165) is 6.42 Å². The molecule has 0 N–H and O–H groups in total. The first-order chi connectivity index (χ1) is 13.7. The highest BCUT2D eigenvalue weighted by Crippen LogP contribution is 2.74. The molecule has 0 radical (unpaired) electrons. The smallest absolute Gasteiger partial charge is 0.320 e. The summed E-state index contributed by atoms with van der Waals surface area (Å²) in [5, 5.41) is 0. The Hall–Kier alpha value is -1.73. The first-order valence-electron chi connectivity index (χ1n) is 10.6. The van der Waals surface area contributed by atoms with Gasteiger partial charge >= 0.3 is 11.9 Å². The van der Waals surface area contributed by atoms with E-state index in [1.165, 1.54) is 6.92 Å². The fourth-order valence-corrected chi connectivity index (χ4v) is 7.97. The molecule has 156 valence electrons. The molecule has 9 atom stereocenters. The summed E-state index contributed by atoms with van der Waals surface area (Å²) >= 11 is 0. The third-order valence-corrected chi connectivity index (χ3v) is 8.96. The van der Waals surface area contributed by atoms with E-state index >= 15 is 0 Å². The highest BCUT2D eigenvalue weighted by Gasteiger charge is 2.82. The first kappa shape index (κ1) is 18.1. The molecule has 0 amide bonds. The van der Waals surface area contributed by atoms with E-state index in [-0.39, 0.29) is 53.7 Å². The fraction of sp³-hybridized carbons (Fsp3) is 0.773. The molecule has 3 heterocycles. The normalized spacial score (nSPS) is 54.1. The van der Waals surface area contributed by atoms with Crippen molar-refractivity contribution in [3.63, 3.8) is 0 Å². The fourth-order valence-electron chi connectivity index (χ4n) is 7.97. The van der Waals surface area contributed by atoms with Gasteiger partial charge in [-0.1, -0.05) is 13.5 Å². The average molecular weight is 402 g/mol. The van der Waals surface area contributed by atoms with E-state index in [4.69, 9.17) is 18.9 Å². The van der Waals surface area contributed by atoms with Crippen molar-refractivity contribution < 1.29 is 33.3 Å². The number of ether oxygens (including phenoxy) is 4. The molecule has 4 bridgehead atoms. The lowest BCUT2D eigenvalue weighted by molar-refractivity contribution is -0.307. The Balaban J connectivity index is 1.52. The number of fused-ring (bicyclic) bond motifs is 1. The zero-order valence-electron chi connectivity index (χ0n) is 16.8. The van der Waals surface area contributed by atoms with Crippen LogP contribution in [0.25, 0.3) is 0 Å². The van der Waals surface area contributed by atoms with Gasteiger partial charge in [-0.25, -0.2) is 0 Å². The van der Waals surface area contributed by atoms with Gasteiger partial charge in [-0.15, -0.1) is 0 Å².